The summed E-state index contributed by atoms with van der Waals surface area (Å²) in [5, 5.41) is 0.230. The average molecular weight is 202 g/mol. The van der Waals surface area contributed by atoms with Gasteiger partial charge in [0.05, 0.1) is 0 Å². The zero-order valence-electron chi connectivity index (χ0n) is 7.81. The van der Waals surface area contributed by atoms with Gasteiger partial charge in [-0.05, 0) is 0 Å². The molecule has 0 bridgehead atoms. The van der Waals surface area contributed by atoms with Gasteiger partial charge in [-0.15, -0.1) is 0 Å². The van der Waals surface area contributed by atoms with E-state index in [1.54, 1.807) is 19.1 Å². The third-order valence-corrected chi connectivity index (χ3v) is 4.61. The molecule has 0 atom stereocenters. The molecule has 1 rings (SSSR count). The van der Waals surface area contributed by atoms with Gasteiger partial charge in [-0.1, -0.05) is 0 Å². The Morgan fingerprint density at radius 3 is 2.31 bits per heavy atom. The average Bonchev–Trinajstić information content (AvgIpc) is 2.04. The van der Waals surface area contributed by atoms with Gasteiger partial charge in [0, 0.05) is 0 Å². The summed E-state index contributed by atoms with van der Waals surface area (Å²) in [6.45, 7) is 3.39. The predicted octanol–water partition coefficient (Wildman–Crippen LogP) is 0.915. The van der Waals surface area contributed by atoms with E-state index in [-0.39, 0.29) is 11.5 Å². The molecule has 0 unspecified atom stereocenters. The molecule has 1 aromatic carbocycles. The van der Waals surface area contributed by atoms with E-state index in [4.69, 9.17) is 0 Å². The molecule has 0 aliphatic heterocycles. The van der Waals surface area contributed by atoms with Crippen molar-refractivity contribution in [3.05, 3.63) is 29.8 Å². The van der Waals surface area contributed by atoms with Crippen molar-refractivity contribution in [2.45, 2.75) is 13.8 Å². The van der Waals surface area contributed by atoms with E-state index < -0.39 is 7.28 Å². The van der Waals surface area contributed by atoms with E-state index in [2.05, 4.69) is 0 Å². The van der Waals surface area contributed by atoms with E-state index >= 15 is 0 Å². The second kappa shape index (κ2) is 3.03. The monoisotopic (exact) mass is 202 g/mol. The number of benzene rings is 1. The molecule has 13 heavy (non-hydrogen) atoms. The van der Waals surface area contributed by atoms with Crippen LogP contribution in [0, 0.1) is 6.92 Å². The van der Waals surface area contributed by atoms with Crippen molar-refractivity contribution in [3.63, 3.8) is 0 Å². The molecule has 0 radical (unpaired) electrons. The third kappa shape index (κ3) is 2.26. The maximum absolute atomic E-state index is 9.63. The van der Waals surface area contributed by atoms with Crippen LogP contribution < -0.4 is 5.30 Å². The van der Waals surface area contributed by atoms with E-state index in [0.717, 1.165) is 5.56 Å². The van der Waals surface area contributed by atoms with Crippen molar-refractivity contribution in [3.8, 4) is 0 Å². The van der Waals surface area contributed by atoms with Crippen LogP contribution in [-0.2, 0) is 0 Å². The molecular weight excluding hydrogens is 187 g/mol. The van der Waals surface area contributed by atoms with Crippen LogP contribution in [0.4, 0.5) is 0 Å². The Kier molecular flexibility index (Phi) is 2.48. The van der Waals surface area contributed by atoms with Gasteiger partial charge in [-0.3, -0.25) is 0 Å². The normalized spacial score (nSPS) is 15.0. The second-order valence-electron chi connectivity index (χ2n) is 3.31. The summed E-state index contributed by atoms with van der Waals surface area (Å²) in [6.07, 6.45) is -0.0466. The molecule has 0 saturated heterocycles. The van der Waals surface area contributed by atoms with Crippen molar-refractivity contribution in [1.29, 1.82) is 0 Å². The molecule has 0 heterocycles. The zero-order valence-corrected chi connectivity index (χ0v) is 8.70. The van der Waals surface area contributed by atoms with Crippen LogP contribution in [0.15, 0.2) is 24.3 Å². The Labute approximate surface area is 77.8 Å². The number of aryl methyl sites for hydroxylation is 1. The Bertz CT molecular complexity index is 314. The molecular formula is C9H15O3P. The Balaban J connectivity index is 3.22. The van der Waals surface area contributed by atoms with Gasteiger partial charge in [0.2, 0.25) is 0 Å². The number of hydrogen-bond acceptors (Lipinski definition) is 3. The Morgan fingerprint density at radius 2 is 1.85 bits per heavy atom. The summed E-state index contributed by atoms with van der Waals surface area (Å²) in [6, 6.07) is 6.67. The van der Waals surface area contributed by atoms with Crippen molar-refractivity contribution >= 4 is 12.6 Å². The molecule has 74 valence electrons. The van der Waals surface area contributed by atoms with Crippen LogP contribution in [0.5, 0.6) is 0 Å². The van der Waals surface area contributed by atoms with E-state index in [0.29, 0.717) is 0 Å². The summed E-state index contributed by atoms with van der Waals surface area (Å²) >= 11 is 0. The topological polar surface area (TPSA) is 60.7 Å². The second-order valence-corrected chi connectivity index (χ2v) is 6.76. The van der Waals surface area contributed by atoms with Crippen molar-refractivity contribution in [1.82, 2.24) is 0 Å². The Hall–Kier alpha value is -0.470. The molecule has 0 saturated carbocycles. The van der Waals surface area contributed by atoms with Crippen LogP contribution in [0.3, 0.4) is 0 Å². The molecule has 0 aliphatic rings. The first-order valence-corrected chi connectivity index (χ1v) is 6.45. The minimum atomic E-state index is -4.55. The molecule has 4 heteroatoms. The molecule has 0 aliphatic carbocycles. The number of hydrogen-bond donors (Lipinski definition) is 3. The molecule has 0 fully saturated rings. The first kappa shape index (κ1) is 10.6. The molecule has 0 amide bonds. The van der Waals surface area contributed by atoms with Crippen LogP contribution in [-0.4, -0.2) is 20.8 Å². The maximum atomic E-state index is 9.63. The predicted molar refractivity (Wildman–Crippen MR) is 54.9 cm³/mol. The Morgan fingerprint density at radius 1 is 1.23 bits per heavy atom. The van der Waals surface area contributed by atoms with E-state index in [1.165, 1.54) is 6.07 Å². The van der Waals surface area contributed by atoms with Crippen LogP contribution in [0.2, 0.25) is 0 Å². The van der Waals surface area contributed by atoms with Gasteiger partial charge in [0.25, 0.3) is 0 Å². The van der Waals surface area contributed by atoms with Gasteiger partial charge in [0.15, 0.2) is 0 Å². The quantitative estimate of drug-likeness (QED) is 0.625. The fourth-order valence-electron chi connectivity index (χ4n) is 1.10. The summed E-state index contributed by atoms with van der Waals surface area (Å²) in [5.41, 5.74) is 0.900. The summed E-state index contributed by atoms with van der Waals surface area (Å²) < 4.78 is 0. The van der Waals surface area contributed by atoms with Crippen molar-refractivity contribution < 1.29 is 14.7 Å². The zero-order chi connectivity index (χ0) is 10.1. The minimum absolute atomic E-state index is 0.0466. The van der Waals surface area contributed by atoms with E-state index in [1.807, 2.05) is 13.0 Å². The van der Waals surface area contributed by atoms with Crippen LogP contribution >= 0.6 is 7.28 Å². The fraction of sp³-hybridized carbons (Fsp3) is 0.333. The first-order chi connectivity index (χ1) is 5.83. The molecule has 1 aromatic rings. The standard InChI is InChI=1S/C9H15O3P/c1-3-13(10,11,12)9-6-4-5-8(2)7-9/h4-7,10-12H,3H2,1-2H3. The SMILES string of the molecule is CCP(O)(O)(O)c1cccc(C)c1. The van der Waals surface area contributed by atoms with Gasteiger partial charge in [0.1, 0.15) is 0 Å². The summed E-state index contributed by atoms with van der Waals surface area (Å²) in [4.78, 5) is 28.9. The van der Waals surface area contributed by atoms with Crippen molar-refractivity contribution in [2.75, 3.05) is 6.16 Å². The first-order valence-electron chi connectivity index (χ1n) is 4.17. The number of rotatable bonds is 2. The molecule has 3 N–H and O–H groups in total. The molecule has 0 aromatic heterocycles. The summed E-state index contributed by atoms with van der Waals surface area (Å²) in [7, 11) is -4.55. The van der Waals surface area contributed by atoms with Crippen LogP contribution in [0.25, 0.3) is 0 Å². The van der Waals surface area contributed by atoms with Gasteiger partial charge in [-0.25, -0.2) is 0 Å². The van der Waals surface area contributed by atoms with Crippen molar-refractivity contribution in [2.24, 2.45) is 0 Å². The van der Waals surface area contributed by atoms with Gasteiger partial charge in [-0.2, -0.15) is 0 Å². The molecule has 3 nitrogen and oxygen atoms in total. The van der Waals surface area contributed by atoms with Gasteiger partial charge < -0.3 is 0 Å². The van der Waals surface area contributed by atoms with Gasteiger partial charge >= 0.3 is 77.1 Å². The molecule has 0 spiro atoms. The summed E-state index contributed by atoms with van der Waals surface area (Å²) in [5.74, 6) is 0. The van der Waals surface area contributed by atoms with Crippen LogP contribution in [0.1, 0.15) is 12.5 Å². The van der Waals surface area contributed by atoms with E-state index in [9.17, 15) is 14.7 Å². The fourth-order valence-corrected chi connectivity index (χ4v) is 2.32. The third-order valence-electron chi connectivity index (χ3n) is 2.11.